The third-order valence-electron chi connectivity index (χ3n) is 9.85. The van der Waals surface area contributed by atoms with Crippen LogP contribution in [0.1, 0.15) is 142 Å². The van der Waals surface area contributed by atoms with Crippen LogP contribution in [0, 0.1) is 23.2 Å². The second-order valence-corrected chi connectivity index (χ2v) is 17.7. The molecule has 0 radical (unpaired) electrons. The van der Waals surface area contributed by atoms with E-state index >= 15 is 0 Å². The second-order valence-electron chi connectivity index (χ2n) is 14.7. The molecule has 3 aromatic carbocycles. The molecule has 0 spiro atoms. The van der Waals surface area contributed by atoms with Crippen molar-refractivity contribution in [1.29, 1.82) is 5.26 Å². The lowest BCUT2D eigenvalue weighted by molar-refractivity contribution is 0.433. The molecule has 0 aromatic heterocycles. The van der Waals surface area contributed by atoms with E-state index in [1.807, 2.05) is 96.9 Å². The molecule has 2 atom stereocenters. The SMILES string of the molecule is CCCCCCCCC(CC)CS(=O)(=O)O.CCCCCCCCC(CC)CS(=O)(=O)O.N#Cc1ccc(C2=NN(c3ccccc3)N(c3ccccc3)N2)cc1. The van der Waals surface area contributed by atoms with Gasteiger partial charge in [-0.2, -0.15) is 32.3 Å². The standard InChI is InChI=1S/C20H15N5.2C12H26O3S/c21-15-16-11-13-17(14-12-16)20-22-24(18-7-3-1-4-8-18)25(23-20)19-9-5-2-6-10-19;2*1-3-5-6-7-8-9-10-12(4-2)11-16(13,14)15/h1-14H,(H,22,23);2*12H,3-11H2,1-2H3,(H,13,14,15). The van der Waals surface area contributed by atoms with Gasteiger partial charge in [-0.1, -0.05) is 154 Å². The molecule has 0 amide bonds. The van der Waals surface area contributed by atoms with Crippen molar-refractivity contribution in [2.75, 3.05) is 21.7 Å². The molecule has 316 valence electrons. The van der Waals surface area contributed by atoms with Crippen LogP contribution in [0.15, 0.2) is 90.0 Å². The largest absolute Gasteiger partial charge is 0.286 e. The van der Waals surface area contributed by atoms with Crippen molar-refractivity contribution in [3.63, 3.8) is 0 Å². The number of hydrogen-bond donors (Lipinski definition) is 3. The van der Waals surface area contributed by atoms with E-state index in [-0.39, 0.29) is 23.3 Å². The summed E-state index contributed by atoms with van der Waals surface area (Å²) < 4.78 is 60.4. The molecule has 3 aromatic rings. The Morgan fingerprint density at radius 2 is 1.04 bits per heavy atom. The van der Waals surface area contributed by atoms with Crippen LogP contribution in [-0.2, 0) is 20.2 Å². The predicted octanol–water partition coefficient (Wildman–Crippen LogP) is 11.0. The van der Waals surface area contributed by atoms with Gasteiger partial charge in [-0.25, -0.2) is 0 Å². The van der Waals surface area contributed by atoms with E-state index in [0.717, 1.165) is 61.3 Å². The Labute approximate surface area is 344 Å². The molecule has 3 N–H and O–H groups in total. The molecule has 0 aliphatic carbocycles. The fraction of sp³-hybridized carbons (Fsp3) is 0.545. The molecule has 0 fully saturated rings. The van der Waals surface area contributed by atoms with Crippen molar-refractivity contribution in [1.82, 2.24) is 5.43 Å². The van der Waals surface area contributed by atoms with E-state index in [2.05, 4.69) is 25.3 Å². The Kier molecular flexibility index (Phi) is 23.8. The fourth-order valence-electron chi connectivity index (χ4n) is 6.45. The van der Waals surface area contributed by atoms with E-state index in [1.54, 1.807) is 12.1 Å². The van der Waals surface area contributed by atoms with E-state index < -0.39 is 20.2 Å². The van der Waals surface area contributed by atoms with Crippen molar-refractivity contribution < 1.29 is 25.9 Å². The van der Waals surface area contributed by atoms with Crippen LogP contribution in [0.2, 0.25) is 0 Å². The summed E-state index contributed by atoms with van der Waals surface area (Å²) in [7, 11) is -7.57. The number of anilines is 2. The molecule has 1 aliphatic heterocycles. The first-order valence-corrected chi connectivity index (χ1v) is 24.0. The first-order chi connectivity index (χ1) is 27.3. The quantitative estimate of drug-likeness (QED) is 0.0619. The first-order valence-electron chi connectivity index (χ1n) is 20.8. The number of benzene rings is 3. The summed E-state index contributed by atoms with van der Waals surface area (Å²) in [5.74, 6) is 0.830. The summed E-state index contributed by atoms with van der Waals surface area (Å²) in [4.78, 5) is 0. The summed E-state index contributed by atoms with van der Waals surface area (Å²) in [6, 6.07) is 29.4. The minimum atomic E-state index is -3.79. The van der Waals surface area contributed by atoms with Gasteiger partial charge in [0, 0.05) is 5.56 Å². The van der Waals surface area contributed by atoms with Crippen molar-refractivity contribution >= 4 is 37.4 Å². The highest BCUT2D eigenvalue weighted by Gasteiger charge is 2.26. The Balaban J connectivity index is 0.000000311. The third kappa shape index (κ3) is 21.4. The molecular formula is C44H67N5O6S2. The summed E-state index contributed by atoms with van der Waals surface area (Å²) in [6.45, 7) is 8.35. The van der Waals surface area contributed by atoms with Crippen LogP contribution in [0.4, 0.5) is 11.4 Å². The molecule has 1 aliphatic rings. The molecule has 57 heavy (non-hydrogen) atoms. The summed E-state index contributed by atoms with van der Waals surface area (Å²) >= 11 is 0. The maximum absolute atomic E-state index is 10.7. The molecule has 11 nitrogen and oxygen atoms in total. The smallest absolute Gasteiger partial charge is 0.265 e. The second kappa shape index (κ2) is 27.6. The zero-order valence-corrected chi connectivity index (χ0v) is 36.2. The highest BCUT2D eigenvalue weighted by atomic mass is 32.2. The zero-order chi connectivity index (χ0) is 41.9. The number of hydrazone groups is 1. The minimum Gasteiger partial charge on any atom is -0.286 e. The molecule has 4 rings (SSSR count). The fourth-order valence-corrected chi connectivity index (χ4v) is 8.44. The summed E-state index contributed by atoms with van der Waals surface area (Å²) in [5.41, 5.74) is 6.80. The summed E-state index contributed by atoms with van der Waals surface area (Å²) in [6.07, 6.45) is 18.2. The molecule has 13 heteroatoms. The van der Waals surface area contributed by atoms with E-state index in [4.69, 9.17) is 19.5 Å². The Bertz CT molecular complexity index is 1750. The third-order valence-corrected chi connectivity index (χ3v) is 11.6. The topological polar surface area (TPSA) is 163 Å². The molecule has 0 saturated heterocycles. The zero-order valence-electron chi connectivity index (χ0n) is 34.6. The van der Waals surface area contributed by atoms with Gasteiger partial charge < -0.3 is 0 Å². The van der Waals surface area contributed by atoms with E-state index in [1.165, 1.54) is 64.2 Å². The highest BCUT2D eigenvalue weighted by molar-refractivity contribution is 7.86. The number of amidine groups is 1. The van der Waals surface area contributed by atoms with Gasteiger partial charge in [-0.05, 0) is 73.2 Å². The number of hydrogen-bond acceptors (Lipinski definition) is 9. The number of para-hydroxylation sites is 2. The summed E-state index contributed by atoms with van der Waals surface area (Å²) in [5, 5.41) is 17.4. The lowest BCUT2D eigenvalue weighted by atomic mass is 10.00. The Morgan fingerprint density at radius 1 is 0.614 bits per heavy atom. The van der Waals surface area contributed by atoms with Crippen LogP contribution in [0.25, 0.3) is 0 Å². The number of rotatable bonds is 23. The average molecular weight is 826 g/mol. The molecule has 2 unspecified atom stereocenters. The van der Waals surface area contributed by atoms with Crippen LogP contribution in [0.3, 0.4) is 0 Å². The number of unbranched alkanes of at least 4 members (excludes halogenated alkanes) is 10. The van der Waals surface area contributed by atoms with Gasteiger partial charge in [0.1, 0.15) is 0 Å². The molecular weight excluding hydrogens is 759 g/mol. The number of hydrazine groups is 2. The Hall–Kier alpha value is -3.96. The molecule has 1 heterocycles. The van der Waals surface area contributed by atoms with Gasteiger partial charge in [0.2, 0.25) is 0 Å². The van der Waals surface area contributed by atoms with Gasteiger partial charge in [0.25, 0.3) is 20.2 Å². The monoisotopic (exact) mass is 825 g/mol. The van der Waals surface area contributed by atoms with Crippen molar-refractivity contribution in [3.8, 4) is 6.07 Å². The Morgan fingerprint density at radius 3 is 1.44 bits per heavy atom. The molecule has 0 bridgehead atoms. The van der Waals surface area contributed by atoms with Crippen LogP contribution in [0.5, 0.6) is 0 Å². The van der Waals surface area contributed by atoms with Crippen LogP contribution >= 0.6 is 0 Å². The lowest BCUT2D eigenvalue weighted by Crippen LogP contribution is -2.44. The van der Waals surface area contributed by atoms with Crippen LogP contribution in [-0.4, -0.2) is 43.3 Å². The maximum Gasteiger partial charge on any atom is 0.265 e. The average Bonchev–Trinajstić information content (AvgIpc) is 3.66. The van der Waals surface area contributed by atoms with Gasteiger partial charge in [-0.15, -0.1) is 5.10 Å². The number of nitrogens with zero attached hydrogens (tertiary/aromatic N) is 4. The van der Waals surface area contributed by atoms with Crippen molar-refractivity contribution in [2.24, 2.45) is 16.9 Å². The predicted molar refractivity (Wildman–Crippen MR) is 235 cm³/mol. The van der Waals surface area contributed by atoms with Crippen molar-refractivity contribution in [3.05, 3.63) is 96.1 Å². The minimum absolute atomic E-state index is 0.0710. The normalized spacial score (nSPS) is 13.6. The highest BCUT2D eigenvalue weighted by Crippen LogP contribution is 2.26. The number of nitriles is 1. The van der Waals surface area contributed by atoms with Gasteiger partial charge in [0.15, 0.2) is 5.84 Å². The van der Waals surface area contributed by atoms with Crippen molar-refractivity contribution in [2.45, 2.75) is 130 Å². The van der Waals surface area contributed by atoms with E-state index in [0.29, 0.717) is 5.56 Å². The van der Waals surface area contributed by atoms with Gasteiger partial charge in [-0.3, -0.25) is 14.5 Å². The molecule has 0 saturated carbocycles. The lowest BCUT2D eigenvalue weighted by Gasteiger charge is -2.27. The maximum atomic E-state index is 10.7. The number of nitrogens with one attached hydrogen (secondary N) is 1. The van der Waals surface area contributed by atoms with E-state index in [9.17, 15) is 16.8 Å². The van der Waals surface area contributed by atoms with Gasteiger partial charge in [0.05, 0.1) is 34.5 Å². The van der Waals surface area contributed by atoms with Crippen LogP contribution < -0.4 is 15.7 Å². The first kappa shape index (κ1) is 49.2. The van der Waals surface area contributed by atoms with Gasteiger partial charge >= 0.3 is 0 Å².